The monoisotopic (exact) mass is 965 g/mol. The molecule has 1 rings (SSSR count). The van der Waals surface area contributed by atoms with Gasteiger partial charge in [-0.15, -0.1) is 0 Å². The molecule has 1 saturated carbocycles. The fourth-order valence-corrected chi connectivity index (χ4v) is 7.33. The molecular formula is C51H81O15P. The Morgan fingerprint density at radius 3 is 1.51 bits per heavy atom. The number of aliphatic hydroxyl groups is 7. The molecule has 380 valence electrons. The highest BCUT2D eigenvalue weighted by Crippen LogP contribution is 2.47. The Morgan fingerprint density at radius 2 is 1.00 bits per heavy atom. The first kappa shape index (κ1) is 61.4. The van der Waals surface area contributed by atoms with E-state index in [-0.39, 0.29) is 32.1 Å². The zero-order valence-electron chi connectivity index (χ0n) is 39.6. The zero-order valence-corrected chi connectivity index (χ0v) is 40.5. The van der Waals surface area contributed by atoms with Crippen molar-refractivity contribution >= 4 is 19.8 Å². The van der Waals surface area contributed by atoms with Gasteiger partial charge in [0.2, 0.25) is 0 Å². The van der Waals surface area contributed by atoms with E-state index in [1.807, 2.05) is 30.4 Å². The van der Waals surface area contributed by atoms with Crippen LogP contribution < -0.4 is 0 Å². The van der Waals surface area contributed by atoms with Gasteiger partial charge in [-0.25, -0.2) is 4.57 Å². The van der Waals surface area contributed by atoms with Crippen LogP contribution in [0.5, 0.6) is 0 Å². The number of carbonyl (C=O) groups is 2. The molecule has 0 aliphatic heterocycles. The van der Waals surface area contributed by atoms with Gasteiger partial charge in [-0.2, -0.15) is 0 Å². The number of hydrogen-bond donors (Lipinski definition) is 8. The third kappa shape index (κ3) is 31.2. The Labute approximate surface area is 398 Å². The molecule has 0 bridgehead atoms. The summed E-state index contributed by atoms with van der Waals surface area (Å²) in [6, 6.07) is 0. The number of aliphatic hydroxyl groups excluding tert-OH is 7. The number of phosphoric acid groups is 1. The maximum atomic E-state index is 12.8. The van der Waals surface area contributed by atoms with Crippen LogP contribution in [0.4, 0.5) is 0 Å². The molecule has 0 aromatic heterocycles. The summed E-state index contributed by atoms with van der Waals surface area (Å²) in [5.74, 6) is -1.50. The summed E-state index contributed by atoms with van der Waals surface area (Å²) in [6.45, 7) is 2.83. The molecule has 10 atom stereocenters. The average molecular weight is 965 g/mol. The Hall–Kier alpha value is -3.57. The fourth-order valence-electron chi connectivity index (χ4n) is 6.36. The summed E-state index contributed by atoms with van der Waals surface area (Å²) < 4.78 is 33.3. The van der Waals surface area contributed by atoms with Crippen molar-refractivity contribution in [1.29, 1.82) is 0 Å². The summed E-state index contributed by atoms with van der Waals surface area (Å²) in [5, 5.41) is 71.0. The smallest absolute Gasteiger partial charge is 0.462 e. The number of carbonyl (C=O) groups excluding carboxylic acids is 2. The molecule has 0 amide bonds. The molecule has 0 saturated heterocycles. The van der Waals surface area contributed by atoms with Gasteiger partial charge in [0.05, 0.1) is 18.8 Å². The molecule has 0 aromatic carbocycles. The van der Waals surface area contributed by atoms with Gasteiger partial charge in [0.1, 0.15) is 43.2 Å². The first-order chi connectivity index (χ1) is 32.2. The lowest BCUT2D eigenvalue weighted by Gasteiger charge is -2.41. The Balaban J connectivity index is 2.62. The standard InChI is InChI=1S/C51H81O15P/c1-3-5-7-9-11-13-15-17-18-19-20-21-22-23-25-27-29-31-33-37-45(55)65-41(40-64-67(61,62)66-51-49(59)47(57)46(56)48(58)50(51)60)39-63-44(54)38-34-36-43(53)42(52)35-32-30-28-26-24-16-14-12-10-8-6-4-2/h5,7,11-14,17-18,20-21,23-26,29-32,41-43,46-53,56-60H,3-4,6,8-10,15-16,19,22,27-28,33-40H2,1-2H3,(H,61,62)/b7-5-,13-11-,14-12-,18-17-,21-20-,25-23-,26-24-,31-29-,32-30-/t41-,42?,43?,46?,47-,48+,49-,50-,51?/m1/s1. The van der Waals surface area contributed by atoms with Gasteiger partial charge in [-0.05, 0) is 89.9 Å². The van der Waals surface area contributed by atoms with Gasteiger partial charge in [-0.3, -0.25) is 18.6 Å². The van der Waals surface area contributed by atoms with Crippen molar-refractivity contribution in [2.24, 2.45) is 0 Å². The van der Waals surface area contributed by atoms with Gasteiger partial charge in [0.15, 0.2) is 6.10 Å². The molecule has 67 heavy (non-hydrogen) atoms. The molecule has 0 aromatic rings. The van der Waals surface area contributed by atoms with Gasteiger partial charge < -0.3 is 50.1 Å². The minimum absolute atomic E-state index is 0.0923. The van der Waals surface area contributed by atoms with E-state index in [4.69, 9.17) is 18.5 Å². The lowest BCUT2D eigenvalue weighted by atomic mass is 9.85. The van der Waals surface area contributed by atoms with E-state index in [1.54, 1.807) is 12.2 Å². The van der Waals surface area contributed by atoms with Crippen LogP contribution in [0.3, 0.4) is 0 Å². The highest BCUT2D eigenvalue weighted by atomic mass is 31.2. The fraction of sp³-hybridized carbons (Fsp3) is 0.608. The van der Waals surface area contributed by atoms with Crippen LogP contribution in [-0.2, 0) is 32.7 Å². The first-order valence-electron chi connectivity index (χ1n) is 23.9. The Kier molecular flexibility index (Phi) is 36.0. The second-order valence-electron chi connectivity index (χ2n) is 16.2. The average Bonchev–Trinajstić information content (AvgIpc) is 3.30. The van der Waals surface area contributed by atoms with Crippen molar-refractivity contribution in [3.63, 3.8) is 0 Å². The number of hydrogen-bond acceptors (Lipinski definition) is 14. The maximum Gasteiger partial charge on any atom is 0.472 e. The van der Waals surface area contributed by atoms with Crippen molar-refractivity contribution < 1.29 is 73.3 Å². The molecule has 0 heterocycles. The lowest BCUT2D eigenvalue weighted by Crippen LogP contribution is -2.64. The van der Waals surface area contributed by atoms with Crippen LogP contribution in [0.25, 0.3) is 0 Å². The SMILES string of the molecule is CC/C=C\C/C=C\C/C=C\C/C=C\C/C=C\C/C=C\CCC(=O)O[C@H](COC(=O)CCCC(O)C(O)C/C=C\C/C=C\C/C=C\CCCCC)COP(=O)(O)OC1[C@H](O)[C@H](O)C(O)[C@H](O)[C@H]1O. The van der Waals surface area contributed by atoms with Crippen LogP contribution in [0.2, 0.25) is 0 Å². The number of esters is 2. The Bertz CT molecular complexity index is 1620. The molecule has 8 N–H and O–H groups in total. The van der Waals surface area contributed by atoms with E-state index in [2.05, 4.69) is 80.7 Å². The highest BCUT2D eigenvalue weighted by molar-refractivity contribution is 7.47. The van der Waals surface area contributed by atoms with E-state index in [0.717, 1.165) is 44.9 Å². The second kappa shape index (κ2) is 39.3. The van der Waals surface area contributed by atoms with E-state index in [9.17, 15) is 54.8 Å². The number of phosphoric ester groups is 1. The topological polar surface area (TPSA) is 250 Å². The van der Waals surface area contributed by atoms with Gasteiger partial charge >= 0.3 is 19.8 Å². The lowest BCUT2D eigenvalue weighted by molar-refractivity contribution is -0.220. The summed E-state index contributed by atoms with van der Waals surface area (Å²) in [6.07, 6.45) is 33.0. The summed E-state index contributed by atoms with van der Waals surface area (Å²) in [5.41, 5.74) is 0. The van der Waals surface area contributed by atoms with E-state index in [1.165, 1.54) is 19.3 Å². The van der Waals surface area contributed by atoms with Gasteiger partial charge in [-0.1, -0.05) is 136 Å². The van der Waals surface area contributed by atoms with Crippen LogP contribution in [0.15, 0.2) is 109 Å². The second-order valence-corrected chi connectivity index (χ2v) is 17.6. The third-order valence-electron chi connectivity index (χ3n) is 10.3. The molecular weight excluding hydrogens is 884 g/mol. The molecule has 16 heteroatoms. The summed E-state index contributed by atoms with van der Waals surface area (Å²) >= 11 is 0. The predicted molar refractivity (Wildman–Crippen MR) is 260 cm³/mol. The Morgan fingerprint density at radius 1 is 0.537 bits per heavy atom. The summed E-state index contributed by atoms with van der Waals surface area (Å²) in [7, 11) is -5.22. The van der Waals surface area contributed by atoms with Gasteiger partial charge in [0.25, 0.3) is 0 Å². The zero-order chi connectivity index (χ0) is 49.5. The summed E-state index contributed by atoms with van der Waals surface area (Å²) in [4.78, 5) is 35.8. The quantitative estimate of drug-likeness (QED) is 0.0130. The third-order valence-corrected chi connectivity index (χ3v) is 11.3. The molecule has 1 fully saturated rings. The van der Waals surface area contributed by atoms with Crippen molar-refractivity contribution in [1.82, 2.24) is 0 Å². The minimum Gasteiger partial charge on any atom is -0.462 e. The predicted octanol–water partition coefficient (Wildman–Crippen LogP) is 7.55. The highest BCUT2D eigenvalue weighted by Gasteiger charge is 2.51. The van der Waals surface area contributed by atoms with Crippen molar-refractivity contribution in [2.75, 3.05) is 13.2 Å². The first-order valence-corrected chi connectivity index (χ1v) is 25.4. The molecule has 1 aliphatic carbocycles. The number of allylic oxidation sites excluding steroid dienone is 17. The minimum atomic E-state index is -5.22. The molecule has 0 radical (unpaired) electrons. The maximum absolute atomic E-state index is 12.8. The largest absolute Gasteiger partial charge is 0.472 e. The van der Waals surface area contributed by atoms with Crippen molar-refractivity contribution in [2.45, 2.75) is 184 Å². The van der Waals surface area contributed by atoms with E-state index >= 15 is 0 Å². The van der Waals surface area contributed by atoms with E-state index in [0.29, 0.717) is 19.3 Å². The van der Waals surface area contributed by atoms with Crippen LogP contribution in [0.1, 0.15) is 129 Å². The molecule has 5 unspecified atom stereocenters. The molecule has 1 aliphatic rings. The van der Waals surface area contributed by atoms with Gasteiger partial charge in [0, 0.05) is 12.8 Å². The molecule has 0 spiro atoms. The van der Waals surface area contributed by atoms with Crippen LogP contribution in [-0.4, -0.2) is 121 Å². The number of ether oxygens (including phenoxy) is 2. The van der Waals surface area contributed by atoms with E-state index < -0.39 is 87.9 Å². The van der Waals surface area contributed by atoms with Crippen LogP contribution >= 0.6 is 7.82 Å². The number of unbranched alkanes of at least 4 members (excludes halogenated alkanes) is 3. The number of rotatable bonds is 37. The van der Waals surface area contributed by atoms with Crippen molar-refractivity contribution in [3.8, 4) is 0 Å². The normalized spacial score (nSPS) is 23.1. The van der Waals surface area contributed by atoms with Crippen molar-refractivity contribution in [3.05, 3.63) is 109 Å². The van der Waals surface area contributed by atoms with Crippen LogP contribution in [0, 0.1) is 0 Å². The molecule has 15 nitrogen and oxygen atoms in total.